The van der Waals surface area contributed by atoms with Gasteiger partial charge < -0.3 is 37.6 Å². The highest BCUT2D eigenvalue weighted by Gasteiger charge is 2.55. The number of aromatic nitrogens is 2. The van der Waals surface area contributed by atoms with Gasteiger partial charge in [-0.05, 0) is 64.3 Å². The Bertz CT molecular complexity index is 2900. The van der Waals surface area contributed by atoms with Crippen LogP contribution in [0, 0.1) is 5.41 Å². The van der Waals surface area contributed by atoms with Crippen molar-refractivity contribution in [3.05, 3.63) is 165 Å². The third kappa shape index (κ3) is 13.3. The zero-order valence-corrected chi connectivity index (χ0v) is 50.3. The highest BCUT2D eigenvalue weighted by atomic mass is 32.2. The van der Waals surface area contributed by atoms with Crippen LogP contribution in [0.4, 0.5) is 4.79 Å². The number of carbonyl (C=O) groups excluding carboxylic acids is 2. The molecule has 3 saturated heterocycles. The second kappa shape index (κ2) is 25.4. The van der Waals surface area contributed by atoms with Gasteiger partial charge in [-0.1, -0.05) is 163 Å². The molecule has 5 aromatic rings. The molecule has 1 N–H and O–H groups in total. The van der Waals surface area contributed by atoms with Crippen LogP contribution in [-0.2, 0) is 63.7 Å². The molecule has 0 unspecified atom stereocenters. The number of ether oxygens (including phenoxy) is 5. The van der Waals surface area contributed by atoms with Gasteiger partial charge in [-0.2, -0.15) is 0 Å². The maximum atomic E-state index is 15.2. The van der Waals surface area contributed by atoms with Gasteiger partial charge in [0.2, 0.25) is 5.91 Å². The summed E-state index contributed by atoms with van der Waals surface area (Å²) in [6.07, 6.45) is -0.554. The summed E-state index contributed by atoms with van der Waals surface area (Å²) in [6, 6.07) is 39.0. The summed E-state index contributed by atoms with van der Waals surface area (Å²) >= 11 is 1.53. The molecule has 0 aliphatic carbocycles. The number of benzene rings is 4. The van der Waals surface area contributed by atoms with Crippen LogP contribution in [0.1, 0.15) is 84.2 Å². The van der Waals surface area contributed by atoms with E-state index in [1.807, 2.05) is 103 Å². The Balaban J connectivity index is 1.15. The number of rotatable bonds is 23. The lowest BCUT2D eigenvalue weighted by atomic mass is 9.80. The first-order chi connectivity index (χ1) is 37.6. The molecule has 0 bridgehead atoms. The lowest BCUT2D eigenvalue weighted by Crippen LogP contribution is -2.67. The minimum absolute atomic E-state index is 0.112. The smallest absolute Gasteiger partial charge is 0.335 e. The molecule has 0 spiro atoms. The number of nitrogens with zero attached hydrogens (tertiary/aromatic N) is 4. The Morgan fingerprint density at radius 2 is 1.24 bits per heavy atom. The number of amides is 3. The van der Waals surface area contributed by atoms with Crippen molar-refractivity contribution in [3.8, 4) is 0 Å². The Kier molecular flexibility index (Phi) is 19.3. The zero-order valence-electron chi connectivity index (χ0n) is 47.5. The van der Waals surface area contributed by atoms with Gasteiger partial charge in [0.05, 0.1) is 50.0 Å². The molecule has 0 radical (unpaired) electrons. The third-order valence-electron chi connectivity index (χ3n) is 16.0. The second-order valence-corrected chi connectivity index (χ2v) is 33.7. The van der Waals surface area contributed by atoms with E-state index in [0.29, 0.717) is 5.94 Å². The fourth-order valence-electron chi connectivity index (χ4n) is 10.8. The van der Waals surface area contributed by atoms with Crippen molar-refractivity contribution in [3.63, 3.8) is 0 Å². The topological polar surface area (TPSA) is 169 Å². The Morgan fingerprint density at radius 3 is 1.77 bits per heavy atom. The van der Waals surface area contributed by atoms with Crippen LogP contribution in [0.3, 0.4) is 0 Å². The minimum Gasteiger partial charge on any atom is -0.411 e. The molecule has 4 aromatic carbocycles. The van der Waals surface area contributed by atoms with Gasteiger partial charge in [0.1, 0.15) is 38.1 Å². The van der Waals surface area contributed by atoms with Crippen molar-refractivity contribution in [2.24, 2.45) is 5.41 Å². The number of imide groups is 1. The van der Waals surface area contributed by atoms with E-state index in [1.165, 1.54) is 22.5 Å². The van der Waals surface area contributed by atoms with Crippen LogP contribution in [0.25, 0.3) is 0 Å². The minimum atomic E-state index is -3.05. The average Bonchev–Trinajstić information content (AvgIpc) is 4.04. The van der Waals surface area contributed by atoms with E-state index in [9.17, 15) is 14.7 Å². The molecule has 19 heteroatoms. The van der Waals surface area contributed by atoms with Crippen molar-refractivity contribution < 1.29 is 47.2 Å². The first kappa shape index (κ1) is 60.1. The van der Waals surface area contributed by atoms with E-state index in [2.05, 4.69) is 78.9 Å². The van der Waals surface area contributed by atoms with Crippen LogP contribution >= 0.6 is 11.8 Å². The summed E-state index contributed by atoms with van der Waals surface area (Å²) in [5.74, 6) is -0.199. The number of urea groups is 1. The molecular formula is C60H80N4O12SSi2. The van der Waals surface area contributed by atoms with E-state index in [-0.39, 0.29) is 74.6 Å². The van der Waals surface area contributed by atoms with Crippen molar-refractivity contribution in [1.29, 1.82) is 0 Å². The van der Waals surface area contributed by atoms with E-state index < -0.39 is 88.8 Å². The highest BCUT2D eigenvalue weighted by molar-refractivity contribution is 7.98. The first-order valence-corrected chi connectivity index (χ1v) is 33.5. The summed E-state index contributed by atoms with van der Waals surface area (Å²) in [7, 11) is -5.43. The summed E-state index contributed by atoms with van der Waals surface area (Å²) in [6.45, 7) is 18.1. The molecule has 7 atom stereocenters. The standard InChI is InChI=1S/C60H80N4O12SSi2/c1-58(2,3)78(9,10)76-49-32-52(74-50(49)35-65)61-34-45(54(66)63(56(61)68)40-70-36-43-23-15-11-16-24-43)33-60(7)39-62(57(69)64(55(60)67)41-71-37-44-25-17-12-18-26-44)53-31-48(72-42-77-8)51(75-53)38-73-79(59(4,5)6,46-27-19-13-20-28-46)47-29-21-14-22-30-47/h11-30,34,48-53,65H,31-33,35-42H2,1-10H3/t48-,49-,50-,51-,52-,53-,60-/m1/s1. The monoisotopic (exact) mass is 1140 g/mol. The molecule has 3 aliphatic rings. The van der Waals surface area contributed by atoms with Crippen LogP contribution in [0.15, 0.2) is 137 Å². The van der Waals surface area contributed by atoms with Gasteiger partial charge in [0.15, 0.2) is 8.32 Å². The SMILES string of the molecule is CSCO[C@@H]1C[C@H](N2C[C@@](C)(Cc3cn([C@H]4C[C@@H](O[Si](C)(C)C(C)(C)C)[C@@H](CO)O4)c(=O)n(COCc4ccccc4)c3=O)C(=O)N(COCc3ccccc3)C2=O)O[C@@H]1CO[Si](c1ccccc1)(c1ccccc1)C(C)(C)C. The van der Waals surface area contributed by atoms with Gasteiger partial charge in [0, 0.05) is 31.1 Å². The Morgan fingerprint density at radius 1 is 0.709 bits per heavy atom. The van der Waals surface area contributed by atoms with Crippen molar-refractivity contribution in [2.45, 2.75) is 148 Å². The molecule has 1 aromatic heterocycles. The Hall–Kier alpha value is -5.04. The predicted molar refractivity (Wildman–Crippen MR) is 311 cm³/mol. The zero-order chi connectivity index (χ0) is 56.8. The molecule has 16 nitrogen and oxygen atoms in total. The summed E-state index contributed by atoms with van der Waals surface area (Å²) < 4.78 is 48.7. The van der Waals surface area contributed by atoms with Crippen molar-refractivity contribution in [1.82, 2.24) is 18.9 Å². The van der Waals surface area contributed by atoms with E-state index in [4.69, 9.17) is 32.5 Å². The van der Waals surface area contributed by atoms with E-state index in [0.717, 1.165) is 31.0 Å². The summed E-state index contributed by atoms with van der Waals surface area (Å²) in [4.78, 5) is 62.5. The van der Waals surface area contributed by atoms with Gasteiger partial charge in [-0.3, -0.25) is 19.1 Å². The second-order valence-electron chi connectivity index (χ2n) is 23.8. The lowest BCUT2D eigenvalue weighted by molar-refractivity contribution is -0.155. The fraction of sp³-hybridized carbons (Fsp3) is 0.500. The molecular weight excluding hydrogens is 1060 g/mol. The van der Waals surface area contributed by atoms with E-state index in [1.54, 1.807) is 11.8 Å². The maximum absolute atomic E-state index is 15.2. The van der Waals surface area contributed by atoms with Crippen LogP contribution in [-0.4, -0.2) is 122 Å². The van der Waals surface area contributed by atoms with Crippen molar-refractivity contribution >= 4 is 50.7 Å². The first-order valence-electron chi connectivity index (χ1n) is 27.3. The molecule has 79 heavy (non-hydrogen) atoms. The van der Waals surface area contributed by atoms with Gasteiger partial charge in [-0.15, -0.1) is 11.8 Å². The molecule has 3 amide bonds. The number of aliphatic hydroxyl groups excluding tert-OH is 1. The summed E-state index contributed by atoms with van der Waals surface area (Å²) in [5, 5.41) is 12.4. The van der Waals surface area contributed by atoms with Gasteiger partial charge >= 0.3 is 11.7 Å². The normalized spacial score (nSPS) is 23.2. The Labute approximate surface area is 471 Å². The molecule has 4 heterocycles. The number of carbonyl (C=O) groups is 2. The average molecular weight is 1140 g/mol. The van der Waals surface area contributed by atoms with E-state index >= 15 is 9.59 Å². The highest BCUT2D eigenvalue weighted by Crippen LogP contribution is 2.42. The van der Waals surface area contributed by atoms with Gasteiger partial charge in [-0.25, -0.2) is 19.1 Å². The quantitative estimate of drug-likeness (QED) is 0.0491. The lowest BCUT2D eigenvalue weighted by Gasteiger charge is -2.46. The number of thioether (sulfide) groups is 1. The van der Waals surface area contributed by atoms with Crippen LogP contribution in [0.5, 0.6) is 0 Å². The summed E-state index contributed by atoms with van der Waals surface area (Å²) in [5.41, 5.74) is -1.02. The number of aliphatic hydroxyl groups is 1. The van der Waals surface area contributed by atoms with Gasteiger partial charge in [0.25, 0.3) is 13.9 Å². The number of hydrogen-bond acceptors (Lipinski definition) is 13. The van der Waals surface area contributed by atoms with Crippen LogP contribution < -0.4 is 21.6 Å². The maximum Gasteiger partial charge on any atom is 0.335 e. The third-order valence-corrected chi connectivity index (χ3v) is 25.9. The number of hydrogen-bond donors (Lipinski definition) is 1. The molecule has 8 rings (SSSR count). The fourth-order valence-corrected chi connectivity index (χ4v) is 17.0. The molecule has 3 fully saturated rings. The molecule has 3 aliphatic heterocycles. The van der Waals surface area contributed by atoms with Crippen LogP contribution in [0.2, 0.25) is 23.2 Å². The largest absolute Gasteiger partial charge is 0.411 e. The molecule has 426 valence electrons. The van der Waals surface area contributed by atoms with Crippen molar-refractivity contribution in [2.75, 3.05) is 38.7 Å². The molecule has 0 saturated carbocycles. The predicted octanol–water partition coefficient (Wildman–Crippen LogP) is 8.24.